The van der Waals surface area contributed by atoms with E-state index in [9.17, 15) is 24.3 Å². The van der Waals surface area contributed by atoms with Crippen LogP contribution in [0.15, 0.2) is 18.2 Å². The van der Waals surface area contributed by atoms with Crippen LogP contribution in [0, 0.1) is 17.8 Å². The molecule has 0 heterocycles. The lowest BCUT2D eigenvalue weighted by Gasteiger charge is -2.21. The van der Waals surface area contributed by atoms with Crippen molar-refractivity contribution in [2.45, 2.75) is 106 Å². The SMILES string of the molecule is CCCC(C)C(=O)Oc1ccc(C[C@H](NCC(C)OC(=O)OC(C)C(C)C)C(=O)O)cc1OC(=O)C(C)CCC. The minimum absolute atomic E-state index is 0.0341. The predicted octanol–water partition coefficient (Wildman–Crippen LogP) is 5.54. The minimum Gasteiger partial charge on any atom is -0.480 e. The van der Waals surface area contributed by atoms with Crippen molar-refractivity contribution in [1.29, 1.82) is 0 Å². The molecule has 0 amide bonds. The summed E-state index contributed by atoms with van der Waals surface area (Å²) in [6.07, 6.45) is 1.17. The maximum atomic E-state index is 12.7. The van der Waals surface area contributed by atoms with Crippen LogP contribution in [-0.2, 0) is 30.3 Å². The van der Waals surface area contributed by atoms with Crippen molar-refractivity contribution in [2.24, 2.45) is 17.8 Å². The fourth-order valence-corrected chi connectivity index (χ4v) is 3.68. The van der Waals surface area contributed by atoms with Gasteiger partial charge in [0.15, 0.2) is 11.5 Å². The van der Waals surface area contributed by atoms with Gasteiger partial charge in [0.05, 0.1) is 11.8 Å². The zero-order valence-electron chi connectivity index (χ0n) is 25.2. The number of ether oxygens (including phenoxy) is 4. The molecule has 2 N–H and O–H groups in total. The van der Waals surface area contributed by atoms with Crippen LogP contribution in [0.25, 0.3) is 0 Å². The number of carboxylic acids is 1. The van der Waals surface area contributed by atoms with E-state index in [-0.39, 0.29) is 48.3 Å². The second-order valence-electron chi connectivity index (χ2n) is 10.8. The molecule has 0 aromatic heterocycles. The van der Waals surface area contributed by atoms with Gasteiger partial charge in [-0.25, -0.2) is 4.79 Å². The number of esters is 2. The molecule has 0 aliphatic carbocycles. The van der Waals surface area contributed by atoms with E-state index in [2.05, 4.69) is 5.32 Å². The molecule has 4 unspecified atom stereocenters. The lowest BCUT2D eigenvalue weighted by Crippen LogP contribution is -2.43. The molecule has 0 fully saturated rings. The number of nitrogens with one attached hydrogen (secondary N) is 1. The second kappa shape index (κ2) is 17.5. The van der Waals surface area contributed by atoms with Crippen molar-refractivity contribution in [3.05, 3.63) is 23.8 Å². The molecule has 10 heteroatoms. The fraction of sp³-hybridized carbons (Fsp3) is 0.667. The highest BCUT2D eigenvalue weighted by Gasteiger charge is 2.24. The van der Waals surface area contributed by atoms with Gasteiger partial charge < -0.3 is 29.4 Å². The van der Waals surface area contributed by atoms with E-state index >= 15 is 0 Å². The maximum Gasteiger partial charge on any atom is 0.508 e. The highest BCUT2D eigenvalue weighted by Crippen LogP contribution is 2.31. The molecule has 40 heavy (non-hydrogen) atoms. The van der Waals surface area contributed by atoms with E-state index in [1.54, 1.807) is 33.8 Å². The number of rotatable bonds is 17. The molecule has 0 saturated carbocycles. The Morgan fingerprint density at radius 2 is 1.38 bits per heavy atom. The summed E-state index contributed by atoms with van der Waals surface area (Å²) in [6, 6.07) is 3.63. The number of carbonyl (C=O) groups excluding carboxylic acids is 3. The first-order chi connectivity index (χ1) is 18.8. The van der Waals surface area contributed by atoms with Crippen molar-refractivity contribution in [3.8, 4) is 11.5 Å². The average Bonchev–Trinajstić information content (AvgIpc) is 2.87. The zero-order chi connectivity index (χ0) is 30.4. The van der Waals surface area contributed by atoms with Gasteiger partial charge in [0.2, 0.25) is 0 Å². The first-order valence-electron chi connectivity index (χ1n) is 14.2. The van der Waals surface area contributed by atoms with Crippen molar-refractivity contribution in [1.82, 2.24) is 5.32 Å². The lowest BCUT2D eigenvalue weighted by atomic mass is 10.0. The summed E-state index contributed by atoms with van der Waals surface area (Å²) in [5.41, 5.74) is 0.547. The third-order valence-corrected chi connectivity index (χ3v) is 6.59. The second-order valence-corrected chi connectivity index (χ2v) is 10.8. The van der Waals surface area contributed by atoms with Gasteiger partial charge in [-0.15, -0.1) is 0 Å². The third-order valence-electron chi connectivity index (χ3n) is 6.59. The van der Waals surface area contributed by atoms with Crippen molar-refractivity contribution in [2.75, 3.05) is 6.54 Å². The van der Waals surface area contributed by atoms with E-state index in [0.29, 0.717) is 18.4 Å². The van der Waals surface area contributed by atoms with Crippen molar-refractivity contribution in [3.63, 3.8) is 0 Å². The highest BCUT2D eigenvalue weighted by atomic mass is 16.7. The average molecular weight is 566 g/mol. The van der Waals surface area contributed by atoms with Gasteiger partial charge in [0.1, 0.15) is 18.2 Å². The Labute approximate surface area is 238 Å². The van der Waals surface area contributed by atoms with E-state index in [1.807, 2.05) is 27.7 Å². The van der Waals surface area contributed by atoms with Crippen molar-refractivity contribution >= 4 is 24.1 Å². The monoisotopic (exact) mass is 565 g/mol. The lowest BCUT2D eigenvalue weighted by molar-refractivity contribution is -0.141. The Morgan fingerprint density at radius 3 is 1.88 bits per heavy atom. The first-order valence-corrected chi connectivity index (χ1v) is 14.2. The number of benzene rings is 1. The van der Waals surface area contributed by atoms with E-state index in [4.69, 9.17) is 18.9 Å². The van der Waals surface area contributed by atoms with Crippen LogP contribution in [0.4, 0.5) is 4.79 Å². The van der Waals surface area contributed by atoms with Crippen LogP contribution < -0.4 is 14.8 Å². The van der Waals surface area contributed by atoms with Gasteiger partial charge in [0, 0.05) is 6.54 Å². The van der Waals surface area contributed by atoms with E-state index < -0.39 is 36.2 Å². The van der Waals surface area contributed by atoms with Crippen LogP contribution in [0.3, 0.4) is 0 Å². The summed E-state index contributed by atoms with van der Waals surface area (Å²) in [7, 11) is 0. The van der Waals surface area contributed by atoms with Gasteiger partial charge >= 0.3 is 24.1 Å². The fourth-order valence-electron chi connectivity index (χ4n) is 3.68. The molecule has 0 spiro atoms. The minimum atomic E-state index is -1.11. The molecule has 0 aliphatic rings. The van der Waals surface area contributed by atoms with E-state index in [0.717, 1.165) is 12.8 Å². The van der Waals surface area contributed by atoms with E-state index in [1.165, 1.54) is 12.1 Å². The molecule has 1 rings (SSSR count). The molecule has 5 atom stereocenters. The molecule has 1 aromatic rings. The standard InChI is InChI=1S/C30H47NO9/c1-9-11-19(5)28(34)39-25-14-13-23(16-26(25)40-29(35)20(6)12-10-2)15-24(27(32)33)31-17-21(7)37-30(36)38-22(8)18(3)4/h13-14,16,18-22,24,31H,9-12,15,17H2,1-8H3,(H,32,33)/t19?,20?,21?,22?,24-/m0/s1. The quantitative estimate of drug-likeness (QED) is 0.183. The molecular weight excluding hydrogens is 518 g/mol. The number of hydrogen-bond acceptors (Lipinski definition) is 9. The Balaban J connectivity index is 3.02. The zero-order valence-corrected chi connectivity index (χ0v) is 25.2. The molecular formula is C30H47NO9. The largest absolute Gasteiger partial charge is 0.508 e. The van der Waals surface area contributed by atoms with Crippen molar-refractivity contribution < 1.29 is 43.2 Å². The molecule has 0 saturated heterocycles. The number of carbonyl (C=O) groups is 4. The Morgan fingerprint density at radius 1 is 0.825 bits per heavy atom. The van der Waals surface area contributed by atoms with Crippen LogP contribution in [-0.4, -0.2) is 54.0 Å². The van der Waals surface area contributed by atoms with Crippen LogP contribution in [0.2, 0.25) is 0 Å². The smallest absolute Gasteiger partial charge is 0.480 e. The number of hydrogen-bond donors (Lipinski definition) is 2. The van der Waals surface area contributed by atoms with Gasteiger partial charge in [-0.2, -0.15) is 0 Å². The molecule has 0 radical (unpaired) electrons. The molecule has 1 aromatic carbocycles. The predicted molar refractivity (Wildman–Crippen MR) is 150 cm³/mol. The molecule has 0 bridgehead atoms. The summed E-state index contributed by atoms with van der Waals surface area (Å²) in [6.45, 7) is 14.8. The summed E-state index contributed by atoms with van der Waals surface area (Å²) in [5, 5.41) is 12.7. The van der Waals surface area contributed by atoms with Gasteiger partial charge in [-0.1, -0.05) is 60.5 Å². The Kier molecular flexibility index (Phi) is 15.3. The summed E-state index contributed by atoms with van der Waals surface area (Å²) >= 11 is 0. The highest BCUT2D eigenvalue weighted by molar-refractivity contribution is 5.78. The Hall–Kier alpha value is -3.14. The van der Waals surface area contributed by atoms with Gasteiger partial charge in [0.25, 0.3) is 0 Å². The van der Waals surface area contributed by atoms with Crippen LogP contribution in [0.1, 0.15) is 86.6 Å². The molecule has 0 aliphatic heterocycles. The molecule has 226 valence electrons. The number of aliphatic carboxylic acids is 1. The van der Waals surface area contributed by atoms with Gasteiger partial charge in [-0.3, -0.25) is 14.4 Å². The third kappa shape index (κ3) is 12.4. The summed E-state index contributed by atoms with van der Waals surface area (Å²) in [5.74, 6) is -2.41. The Bertz CT molecular complexity index is 978. The number of carboxylic acid groups (broad SMARTS) is 1. The normalized spacial score (nSPS) is 14.9. The topological polar surface area (TPSA) is 137 Å². The summed E-state index contributed by atoms with van der Waals surface area (Å²) < 4.78 is 21.6. The first kappa shape index (κ1) is 34.9. The van der Waals surface area contributed by atoms with Gasteiger partial charge in [-0.05, 0) is 56.7 Å². The van der Waals surface area contributed by atoms with Crippen LogP contribution in [0.5, 0.6) is 11.5 Å². The summed E-state index contributed by atoms with van der Waals surface area (Å²) in [4.78, 5) is 49.2. The van der Waals surface area contributed by atoms with Crippen LogP contribution >= 0.6 is 0 Å². The molecule has 10 nitrogen and oxygen atoms in total. The maximum absolute atomic E-state index is 12.7.